The molecule has 12 heteroatoms. The van der Waals surface area contributed by atoms with E-state index in [-0.39, 0.29) is 40.4 Å². The van der Waals surface area contributed by atoms with E-state index in [2.05, 4.69) is 49.5 Å². The summed E-state index contributed by atoms with van der Waals surface area (Å²) >= 11 is 0. The highest BCUT2D eigenvalue weighted by Gasteiger charge is 2.40. The van der Waals surface area contributed by atoms with E-state index in [9.17, 15) is 24.6 Å². The number of carbonyl (C=O) groups is 2. The van der Waals surface area contributed by atoms with Crippen molar-refractivity contribution in [3.05, 3.63) is 124 Å². The molecule has 0 unspecified atom stereocenters. The lowest BCUT2D eigenvalue weighted by Crippen LogP contribution is -2.44. The van der Waals surface area contributed by atoms with Gasteiger partial charge in [0.2, 0.25) is 11.5 Å². The molecule has 0 bridgehead atoms. The Balaban J connectivity index is 1.06. The molecule has 1 aliphatic rings. The number of nitrogens with zero attached hydrogens (tertiary/aromatic N) is 1. The van der Waals surface area contributed by atoms with Crippen LogP contribution in [0.4, 0.5) is 16.2 Å². The van der Waals surface area contributed by atoms with Crippen LogP contribution in [0.3, 0.4) is 0 Å². The van der Waals surface area contributed by atoms with Gasteiger partial charge in [0, 0.05) is 54.3 Å². The molecule has 312 valence electrons. The van der Waals surface area contributed by atoms with Crippen LogP contribution in [0, 0.1) is 0 Å². The summed E-state index contributed by atoms with van der Waals surface area (Å²) < 4.78 is 6.93. The number of hydrogen-bond acceptors (Lipinski definition) is 7. The molecule has 1 atom stereocenters. The summed E-state index contributed by atoms with van der Waals surface area (Å²) in [4.78, 5) is 42.2. The lowest BCUT2D eigenvalue weighted by atomic mass is 9.89. The van der Waals surface area contributed by atoms with Gasteiger partial charge in [-0.25, -0.2) is 4.79 Å². The van der Waals surface area contributed by atoms with Gasteiger partial charge in [0.1, 0.15) is 5.75 Å². The first-order valence-electron chi connectivity index (χ1n) is 20.7. The summed E-state index contributed by atoms with van der Waals surface area (Å²) in [7, 11) is -2.22. The highest BCUT2D eigenvalue weighted by Crippen LogP contribution is 2.41. The zero-order valence-electron chi connectivity index (χ0n) is 34.9. The number of aromatic hydroxyl groups is 1. The SMILES string of the molecule is CC(C)(C)[Si](C)(C)O[C@@H](CNCc1ccc(NC(=O)CCCc2ccc(-c3ccccc3)c(N(C(=O)O)C3CCC(N)CC3)c2)cc1)c1ccc(O)c2[nH]c(=O)ccc12. The van der Waals surface area contributed by atoms with E-state index in [1.165, 1.54) is 11.0 Å². The Morgan fingerprint density at radius 2 is 1.63 bits per heavy atom. The van der Waals surface area contributed by atoms with Crippen LogP contribution >= 0.6 is 0 Å². The van der Waals surface area contributed by atoms with Gasteiger partial charge in [-0.1, -0.05) is 81.4 Å². The van der Waals surface area contributed by atoms with Crippen LogP contribution in [0.25, 0.3) is 22.0 Å². The number of carbonyl (C=O) groups excluding carboxylic acids is 1. The van der Waals surface area contributed by atoms with Crippen molar-refractivity contribution in [2.75, 3.05) is 16.8 Å². The Bertz CT molecular complexity index is 2280. The normalized spacial score (nSPS) is 16.4. The number of aromatic amines is 1. The lowest BCUT2D eigenvalue weighted by Gasteiger charge is -2.39. The van der Waals surface area contributed by atoms with Gasteiger partial charge in [0.15, 0.2) is 8.32 Å². The number of rotatable bonds is 15. The number of nitrogens with two attached hydrogens (primary N) is 1. The van der Waals surface area contributed by atoms with E-state index < -0.39 is 14.4 Å². The molecule has 1 aliphatic carbocycles. The van der Waals surface area contributed by atoms with Crippen molar-refractivity contribution in [1.82, 2.24) is 10.3 Å². The number of aryl methyl sites for hydroxylation is 1. The van der Waals surface area contributed by atoms with Gasteiger partial charge in [0.05, 0.1) is 17.3 Å². The molecule has 59 heavy (non-hydrogen) atoms. The molecule has 1 fully saturated rings. The van der Waals surface area contributed by atoms with Crippen molar-refractivity contribution < 1.29 is 24.2 Å². The number of pyridine rings is 1. The fourth-order valence-corrected chi connectivity index (χ4v) is 8.90. The second-order valence-corrected chi connectivity index (χ2v) is 22.1. The van der Waals surface area contributed by atoms with Gasteiger partial charge in [-0.05, 0) is 109 Å². The Morgan fingerprint density at radius 3 is 2.31 bits per heavy atom. The third-order valence-electron chi connectivity index (χ3n) is 12.0. The predicted octanol–water partition coefficient (Wildman–Crippen LogP) is 9.47. The molecule has 2 amide bonds. The predicted molar refractivity (Wildman–Crippen MR) is 240 cm³/mol. The zero-order valence-corrected chi connectivity index (χ0v) is 35.9. The first kappa shape index (κ1) is 43.3. The molecule has 5 aromatic rings. The van der Waals surface area contributed by atoms with Crippen LogP contribution in [-0.4, -0.2) is 54.1 Å². The maximum atomic E-state index is 13.1. The van der Waals surface area contributed by atoms with Crippen molar-refractivity contribution in [2.24, 2.45) is 5.73 Å². The van der Waals surface area contributed by atoms with Gasteiger partial charge in [-0.3, -0.25) is 14.5 Å². The van der Waals surface area contributed by atoms with Crippen molar-refractivity contribution in [1.29, 1.82) is 0 Å². The molecule has 11 nitrogen and oxygen atoms in total. The van der Waals surface area contributed by atoms with Gasteiger partial charge >= 0.3 is 6.09 Å². The average Bonchev–Trinajstić information content (AvgIpc) is 3.19. The molecule has 0 radical (unpaired) electrons. The van der Waals surface area contributed by atoms with Crippen LogP contribution in [0.15, 0.2) is 102 Å². The van der Waals surface area contributed by atoms with Crippen molar-refractivity contribution in [3.8, 4) is 16.9 Å². The van der Waals surface area contributed by atoms with Crippen LogP contribution in [0.5, 0.6) is 5.75 Å². The molecular weight excluding hydrogens is 759 g/mol. The van der Waals surface area contributed by atoms with Crippen molar-refractivity contribution >= 4 is 42.6 Å². The topological polar surface area (TPSA) is 170 Å². The standard InChI is InChI=1S/C47H59N5O6Si/c1-47(2,3)59(4,5)58-42(38-24-26-41(53)45-39(38)25-27-44(55)51-45)30-49-29-32-14-19-35(20-15-32)50-43(54)13-9-10-31-16-23-37(33-11-7-6-8-12-33)40(28-31)52(46(56)57)36-21-17-34(48)18-22-36/h6-8,11-12,14-16,19-20,23-28,34,36,42,49,53H,9-10,13,17-18,21-22,29-30,48H2,1-5H3,(H,50,54)(H,51,55)(H,56,57)/t34?,36?,42-/m0/s1. The third kappa shape index (κ3) is 10.9. The second-order valence-electron chi connectivity index (χ2n) is 17.3. The number of benzene rings is 4. The summed E-state index contributed by atoms with van der Waals surface area (Å²) in [5.41, 5.74) is 12.4. The number of hydrogen-bond donors (Lipinski definition) is 6. The van der Waals surface area contributed by atoms with Crippen molar-refractivity contribution in [3.63, 3.8) is 0 Å². The molecule has 1 saturated carbocycles. The Kier molecular flexibility index (Phi) is 13.8. The van der Waals surface area contributed by atoms with E-state index in [1.54, 1.807) is 12.1 Å². The van der Waals surface area contributed by atoms with Crippen LogP contribution in [-0.2, 0) is 22.2 Å². The maximum absolute atomic E-state index is 13.1. The largest absolute Gasteiger partial charge is 0.506 e. The molecule has 7 N–H and O–H groups in total. The zero-order chi connectivity index (χ0) is 42.3. The highest BCUT2D eigenvalue weighted by molar-refractivity contribution is 6.74. The monoisotopic (exact) mass is 817 g/mol. The number of aromatic nitrogens is 1. The van der Waals surface area contributed by atoms with Gasteiger partial charge in [0.25, 0.3) is 0 Å². The number of carboxylic acid groups (broad SMARTS) is 1. The number of anilines is 2. The number of nitrogens with one attached hydrogen (secondary N) is 3. The number of phenolic OH excluding ortho intramolecular Hbond substituents is 1. The molecule has 1 heterocycles. The minimum atomic E-state index is -2.22. The first-order chi connectivity index (χ1) is 28.1. The van der Waals surface area contributed by atoms with E-state index in [1.807, 2.05) is 78.9 Å². The second kappa shape index (κ2) is 18.8. The van der Waals surface area contributed by atoms with Gasteiger partial charge in [-0.15, -0.1) is 0 Å². The van der Waals surface area contributed by atoms with Crippen LogP contribution in [0.2, 0.25) is 18.1 Å². The van der Waals surface area contributed by atoms with Gasteiger partial charge in [-0.2, -0.15) is 0 Å². The summed E-state index contributed by atoms with van der Waals surface area (Å²) in [5, 5.41) is 28.3. The number of H-pyrrole nitrogens is 1. The van der Waals surface area contributed by atoms with Crippen molar-refractivity contribution in [2.45, 2.75) is 109 Å². The quantitative estimate of drug-likeness (QED) is 0.0568. The summed E-state index contributed by atoms with van der Waals surface area (Å²) in [6.07, 6.45) is 3.28. The number of amides is 2. The number of phenols is 1. The molecule has 6 rings (SSSR count). The molecule has 4 aromatic carbocycles. The highest BCUT2D eigenvalue weighted by atomic mass is 28.4. The fourth-order valence-electron chi connectivity index (χ4n) is 7.63. The van der Waals surface area contributed by atoms with Crippen LogP contribution < -0.4 is 26.8 Å². The number of fused-ring (bicyclic) bond motifs is 1. The van der Waals surface area contributed by atoms with E-state index in [0.29, 0.717) is 49.2 Å². The fraction of sp³-hybridized carbons (Fsp3) is 0.383. The third-order valence-corrected chi connectivity index (χ3v) is 16.5. The Morgan fingerprint density at radius 1 is 0.932 bits per heavy atom. The average molecular weight is 818 g/mol. The van der Waals surface area contributed by atoms with Crippen LogP contribution in [0.1, 0.15) is 82.1 Å². The van der Waals surface area contributed by atoms with Gasteiger partial charge < -0.3 is 36.0 Å². The molecule has 1 aromatic heterocycles. The lowest BCUT2D eigenvalue weighted by molar-refractivity contribution is -0.116. The smallest absolute Gasteiger partial charge is 0.412 e. The maximum Gasteiger partial charge on any atom is 0.412 e. The molecular formula is C47H59N5O6Si. The van der Waals surface area contributed by atoms with E-state index in [4.69, 9.17) is 10.2 Å². The molecule has 0 spiro atoms. The molecule has 0 saturated heterocycles. The summed E-state index contributed by atoms with van der Waals surface area (Å²) in [6, 6.07) is 30.3. The Labute approximate surface area is 348 Å². The summed E-state index contributed by atoms with van der Waals surface area (Å²) in [5.74, 6) is -0.0727. The minimum Gasteiger partial charge on any atom is -0.506 e. The minimum absolute atomic E-state index is 0.0146. The first-order valence-corrected chi connectivity index (χ1v) is 23.6. The van der Waals surface area contributed by atoms with E-state index >= 15 is 0 Å². The van der Waals surface area contributed by atoms with E-state index in [0.717, 1.165) is 58.9 Å². The Hall–Kier alpha value is -5.27. The summed E-state index contributed by atoms with van der Waals surface area (Å²) in [6.45, 7) is 12.1. The molecule has 0 aliphatic heterocycles.